The minimum absolute atomic E-state index is 0.218. The lowest BCUT2D eigenvalue weighted by Crippen LogP contribution is -2.09. The lowest BCUT2D eigenvalue weighted by Gasteiger charge is -2.13. The van der Waals surface area contributed by atoms with E-state index in [-0.39, 0.29) is 6.61 Å². The third-order valence-electron chi connectivity index (χ3n) is 2.91. The number of aliphatic hydroxyl groups excluding tert-OH is 1. The van der Waals surface area contributed by atoms with Gasteiger partial charge in [-0.05, 0) is 36.8 Å². The van der Waals surface area contributed by atoms with Crippen molar-refractivity contribution in [2.75, 3.05) is 13.7 Å². The highest BCUT2D eigenvalue weighted by atomic mass is 16.5. The van der Waals surface area contributed by atoms with Gasteiger partial charge in [-0.2, -0.15) is 0 Å². The Hall–Kier alpha value is -2.00. The van der Waals surface area contributed by atoms with Gasteiger partial charge in [0.2, 0.25) is 0 Å². The molecule has 1 atom stereocenters. The van der Waals surface area contributed by atoms with Crippen LogP contribution in [0.3, 0.4) is 0 Å². The first-order valence-electron chi connectivity index (χ1n) is 6.20. The second kappa shape index (κ2) is 6.25. The van der Waals surface area contributed by atoms with Gasteiger partial charge in [0.25, 0.3) is 0 Å². The topological polar surface area (TPSA) is 38.7 Å². The Morgan fingerprint density at radius 1 is 1.05 bits per heavy atom. The zero-order valence-corrected chi connectivity index (χ0v) is 11.2. The summed E-state index contributed by atoms with van der Waals surface area (Å²) in [6.07, 6.45) is -0.670. The SMILES string of the molecule is COc1cccc(C(O)COc2ccc(C)cc2)c1. The quantitative estimate of drug-likeness (QED) is 0.895. The predicted molar refractivity (Wildman–Crippen MR) is 74.6 cm³/mol. The molecule has 0 fully saturated rings. The van der Waals surface area contributed by atoms with Crippen LogP contribution in [0.4, 0.5) is 0 Å². The van der Waals surface area contributed by atoms with Crippen LogP contribution in [0.2, 0.25) is 0 Å². The summed E-state index contributed by atoms with van der Waals surface area (Å²) in [6.45, 7) is 2.24. The van der Waals surface area contributed by atoms with Gasteiger partial charge in [-0.3, -0.25) is 0 Å². The zero-order chi connectivity index (χ0) is 13.7. The number of hydrogen-bond acceptors (Lipinski definition) is 3. The molecule has 1 unspecified atom stereocenters. The highest BCUT2D eigenvalue weighted by Crippen LogP contribution is 2.20. The first kappa shape index (κ1) is 13.4. The van der Waals surface area contributed by atoms with E-state index < -0.39 is 6.10 Å². The fourth-order valence-corrected chi connectivity index (χ4v) is 1.75. The third kappa shape index (κ3) is 3.73. The van der Waals surface area contributed by atoms with Crippen molar-refractivity contribution < 1.29 is 14.6 Å². The van der Waals surface area contributed by atoms with Crippen molar-refractivity contribution in [3.8, 4) is 11.5 Å². The standard InChI is InChI=1S/C16H18O3/c1-12-6-8-14(9-7-12)19-11-16(17)13-4-3-5-15(10-13)18-2/h3-10,16-17H,11H2,1-2H3. The molecule has 2 aromatic carbocycles. The summed E-state index contributed by atoms with van der Waals surface area (Å²) in [4.78, 5) is 0. The summed E-state index contributed by atoms with van der Waals surface area (Å²) in [7, 11) is 1.61. The van der Waals surface area contributed by atoms with Gasteiger partial charge < -0.3 is 14.6 Å². The Balaban J connectivity index is 1.96. The normalized spacial score (nSPS) is 11.9. The van der Waals surface area contributed by atoms with E-state index in [0.29, 0.717) is 0 Å². The molecule has 0 bridgehead atoms. The van der Waals surface area contributed by atoms with E-state index >= 15 is 0 Å². The summed E-state index contributed by atoms with van der Waals surface area (Å²) in [5.41, 5.74) is 1.96. The van der Waals surface area contributed by atoms with Crippen molar-refractivity contribution in [2.24, 2.45) is 0 Å². The second-order valence-corrected chi connectivity index (χ2v) is 4.42. The molecule has 0 aromatic heterocycles. The van der Waals surface area contributed by atoms with Crippen LogP contribution in [0.15, 0.2) is 48.5 Å². The molecule has 0 saturated carbocycles. The number of ether oxygens (including phenoxy) is 2. The van der Waals surface area contributed by atoms with Gasteiger partial charge in [0.05, 0.1) is 7.11 Å². The van der Waals surface area contributed by atoms with Crippen molar-refractivity contribution in [1.82, 2.24) is 0 Å². The summed E-state index contributed by atoms with van der Waals surface area (Å²) in [5, 5.41) is 10.1. The monoisotopic (exact) mass is 258 g/mol. The van der Waals surface area contributed by atoms with E-state index in [0.717, 1.165) is 17.1 Å². The predicted octanol–water partition coefficient (Wildman–Crippen LogP) is 3.12. The molecule has 2 rings (SSSR count). The average Bonchev–Trinajstić information content (AvgIpc) is 2.46. The number of aryl methyl sites for hydroxylation is 1. The van der Waals surface area contributed by atoms with Gasteiger partial charge in [0.15, 0.2) is 0 Å². The first-order chi connectivity index (χ1) is 9.19. The van der Waals surface area contributed by atoms with Crippen LogP contribution < -0.4 is 9.47 Å². The summed E-state index contributed by atoms with van der Waals surface area (Å²) >= 11 is 0. The van der Waals surface area contributed by atoms with E-state index in [4.69, 9.17) is 9.47 Å². The smallest absolute Gasteiger partial charge is 0.119 e. The van der Waals surface area contributed by atoms with E-state index in [9.17, 15) is 5.11 Å². The van der Waals surface area contributed by atoms with E-state index in [1.807, 2.05) is 55.5 Å². The van der Waals surface area contributed by atoms with Gasteiger partial charge in [-0.1, -0.05) is 29.8 Å². The molecule has 0 saturated heterocycles. The van der Waals surface area contributed by atoms with Gasteiger partial charge in [0.1, 0.15) is 24.2 Å². The maximum absolute atomic E-state index is 10.1. The number of benzene rings is 2. The lowest BCUT2D eigenvalue weighted by molar-refractivity contribution is 0.108. The van der Waals surface area contributed by atoms with Crippen LogP contribution in [0.25, 0.3) is 0 Å². The van der Waals surface area contributed by atoms with E-state index in [1.54, 1.807) is 7.11 Å². The van der Waals surface area contributed by atoms with Crippen LogP contribution >= 0.6 is 0 Å². The fraction of sp³-hybridized carbons (Fsp3) is 0.250. The van der Waals surface area contributed by atoms with Crippen LogP contribution in [0, 0.1) is 6.92 Å². The summed E-state index contributed by atoms with van der Waals surface area (Å²) in [5.74, 6) is 1.49. The zero-order valence-electron chi connectivity index (χ0n) is 11.2. The van der Waals surface area contributed by atoms with Crippen LogP contribution in [0.1, 0.15) is 17.2 Å². The van der Waals surface area contributed by atoms with Gasteiger partial charge in [-0.15, -0.1) is 0 Å². The largest absolute Gasteiger partial charge is 0.497 e. The van der Waals surface area contributed by atoms with Gasteiger partial charge in [0, 0.05) is 0 Å². The van der Waals surface area contributed by atoms with Crippen molar-refractivity contribution in [2.45, 2.75) is 13.0 Å². The molecular weight excluding hydrogens is 240 g/mol. The molecule has 0 radical (unpaired) electrons. The molecule has 0 aliphatic carbocycles. The van der Waals surface area contributed by atoms with E-state index in [1.165, 1.54) is 5.56 Å². The molecule has 2 aromatic rings. The molecule has 100 valence electrons. The molecule has 0 aliphatic heterocycles. The molecule has 1 N–H and O–H groups in total. The molecule has 0 heterocycles. The van der Waals surface area contributed by atoms with Crippen molar-refractivity contribution >= 4 is 0 Å². The number of rotatable bonds is 5. The number of aliphatic hydroxyl groups is 1. The Labute approximate surface area is 113 Å². The molecule has 19 heavy (non-hydrogen) atoms. The Kier molecular flexibility index (Phi) is 4.42. The highest BCUT2D eigenvalue weighted by molar-refractivity contribution is 5.30. The van der Waals surface area contributed by atoms with Gasteiger partial charge >= 0.3 is 0 Å². The van der Waals surface area contributed by atoms with Crippen molar-refractivity contribution in [1.29, 1.82) is 0 Å². The minimum Gasteiger partial charge on any atom is -0.497 e. The maximum atomic E-state index is 10.1. The second-order valence-electron chi connectivity index (χ2n) is 4.42. The third-order valence-corrected chi connectivity index (χ3v) is 2.91. The molecular formula is C16H18O3. The number of methoxy groups -OCH3 is 1. The maximum Gasteiger partial charge on any atom is 0.119 e. The minimum atomic E-state index is -0.670. The Morgan fingerprint density at radius 2 is 1.79 bits per heavy atom. The molecule has 3 heteroatoms. The molecule has 3 nitrogen and oxygen atoms in total. The fourth-order valence-electron chi connectivity index (χ4n) is 1.75. The van der Waals surface area contributed by atoms with Crippen molar-refractivity contribution in [3.05, 3.63) is 59.7 Å². The van der Waals surface area contributed by atoms with Crippen LogP contribution in [0.5, 0.6) is 11.5 Å². The number of hydrogen-bond donors (Lipinski definition) is 1. The molecule has 0 spiro atoms. The van der Waals surface area contributed by atoms with Crippen LogP contribution in [-0.2, 0) is 0 Å². The lowest BCUT2D eigenvalue weighted by atomic mass is 10.1. The Morgan fingerprint density at radius 3 is 2.47 bits per heavy atom. The molecule has 0 amide bonds. The Bertz CT molecular complexity index is 520. The van der Waals surface area contributed by atoms with Gasteiger partial charge in [-0.25, -0.2) is 0 Å². The summed E-state index contributed by atoms with van der Waals surface area (Å²) in [6, 6.07) is 15.1. The van der Waals surface area contributed by atoms with E-state index in [2.05, 4.69) is 0 Å². The van der Waals surface area contributed by atoms with Crippen LogP contribution in [-0.4, -0.2) is 18.8 Å². The molecule has 0 aliphatic rings. The van der Waals surface area contributed by atoms with Crippen molar-refractivity contribution in [3.63, 3.8) is 0 Å². The first-order valence-corrected chi connectivity index (χ1v) is 6.20. The highest BCUT2D eigenvalue weighted by Gasteiger charge is 2.09. The summed E-state index contributed by atoms with van der Waals surface area (Å²) < 4.78 is 10.7. The average molecular weight is 258 g/mol.